The van der Waals surface area contributed by atoms with Gasteiger partial charge >= 0.3 is 0 Å². The molecule has 0 saturated heterocycles. The molecule has 0 heterocycles. The van der Waals surface area contributed by atoms with Crippen LogP contribution in [0.15, 0.2) is 0 Å². The summed E-state index contributed by atoms with van der Waals surface area (Å²) >= 11 is 0. The van der Waals surface area contributed by atoms with Crippen LogP contribution in [0.2, 0.25) is 0 Å². The lowest BCUT2D eigenvalue weighted by atomic mass is 9.93. The highest BCUT2D eigenvalue weighted by molar-refractivity contribution is 4.59. The lowest BCUT2D eigenvalue weighted by Gasteiger charge is -2.13. The Kier molecular flexibility index (Phi) is 30.2. The van der Waals surface area contributed by atoms with Crippen molar-refractivity contribution in [1.29, 1.82) is 0 Å². The Morgan fingerprint density at radius 1 is 0.257 bits per heavy atom. The fourth-order valence-electron chi connectivity index (χ4n) is 5.77. The SMILES string of the molecule is CCCCCCCCCCCCCCCC(C)CCCCC(C)CCCCCCCCCCCC. The van der Waals surface area contributed by atoms with Crippen LogP contribution in [0.1, 0.15) is 214 Å². The van der Waals surface area contributed by atoms with E-state index in [1.54, 1.807) is 0 Å². The summed E-state index contributed by atoms with van der Waals surface area (Å²) in [7, 11) is 0. The number of hydrogen-bond donors (Lipinski definition) is 0. The largest absolute Gasteiger partial charge is 0.0654 e. The zero-order chi connectivity index (χ0) is 25.7. The second kappa shape index (κ2) is 30.2. The van der Waals surface area contributed by atoms with Gasteiger partial charge in [-0.15, -0.1) is 0 Å². The van der Waals surface area contributed by atoms with Crippen LogP contribution in [0.5, 0.6) is 0 Å². The van der Waals surface area contributed by atoms with Gasteiger partial charge in [-0.25, -0.2) is 0 Å². The molecule has 0 heteroatoms. The van der Waals surface area contributed by atoms with Crippen molar-refractivity contribution < 1.29 is 0 Å². The molecule has 0 aliphatic carbocycles. The second-order valence-corrected chi connectivity index (χ2v) is 12.5. The summed E-state index contributed by atoms with van der Waals surface area (Å²) in [5.74, 6) is 1.92. The number of unbranched alkanes of at least 4 members (excludes halogenated alkanes) is 22. The van der Waals surface area contributed by atoms with Crippen LogP contribution >= 0.6 is 0 Å². The molecule has 0 aromatic heterocycles. The third kappa shape index (κ3) is 30.1. The van der Waals surface area contributed by atoms with Crippen LogP contribution in [0.4, 0.5) is 0 Å². The second-order valence-electron chi connectivity index (χ2n) is 12.5. The maximum atomic E-state index is 2.51. The number of hydrogen-bond acceptors (Lipinski definition) is 0. The number of rotatable bonds is 30. The standard InChI is InChI=1S/C35H72/c1-5-7-9-11-13-15-17-18-19-21-23-25-27-31-35(4)33-29-28-32-34(3)30-26-24-22-20-16-14-12-10-8-6-2/h34-35H,5-33H2,1-4H3. The molecule has 0 spiro atoms. The fraction of sp³-hybridized carbons (Fsp3) is 1.00. The summed E-state index contributed by atoms with van der Waals surface area (Å²) in [6.45, 7) is 9.63. The van der Waals surface area contributed by atoms with Crippen molar-refractivity contribution in [3.05, 3.63) is 0 Å². The van der Waals surface area contributed by atoms with Crippen molar-refractivity contribution in [2.75, 3.05) is 0 Å². The van der Waals surface area contributed by atoms with E-state index in [-0.39, 0.29) is 0 Å². The third-order valence-corrected chi connectivity index (χ3v) is 8.49. The van der Waals surface area contributed by atoms with Crippen LogP contribution < -0.4 is 0 Å². The van der Waals surface area contributed by atoms with E-state index in [0.717, 1.165) is 11.8 Å². The molecule has 0 aromatic rings. The highest BCUT2D eigenvalue weighted by atomic mass is 14.1. The van der Waals surface area contributed by atoms with Crippen LogP contribution in [0.3, 0.4) is 0 Å². The Labute approximate surface area is 225 Å². The van der Waals surface area contributed by atoms with E-state index in [9.17, 15) is 0 Å². The van der Waals surface area contributed by atoms with Gasteiger partial charge in [-0.3, -0.25) is 0 Å². The quantitative estimate of drug-likeness (QED) is 0.0874. The molecule has 0 aliphatic rings. The van der Waals surface area contributed by atoms with Crippen molar-refractivity contribution in [3.8, 4) is 0 Å². The minimum Gasteiger partial charge on any atom is -0.0654 e. The van der Waals surface area contributed by atoms with E-state index in [1.165, 1.54) is 186 Å². The topological polar surface area (TPSA) is 0 Å². The predicted molar refractivity (Wildman–Crippen MR) is 164 cm³/mol. The monoisotopic (exact) mass is 493 g/mol. The van der Waals surface area contributed by atoms with E-state index in [4.69, 9.17) is 0 Å². The predicted octanol–water partition coefficient (Wildman–Crippen LogP) is 13.6. The van der Waals surface area contributed by atoms with Crippen LogP contribution in [-0.4, -0.2) is 0 Å². The summed E-state index contributed by atoms with van der Waals surface area (Å²) < 4.78 is 0. The Morgan fingerprint density at radius 3 is 0.657 bits per heavy atom. The molecule has 2 atom stereocenters. The van der Waals surface area contributed by atoms with Gasteiger partial charge in [0.2, 0.25) is 0 Å². The first-order chi connectivity index (χ1) is 17.2. The van der Waals surface area contributed by atoms with Crippen molar-refractivity contribution >= 4 is 0 Å². The van der Waals surface area contributed by atoms with E-state index >= 15 is 0 Å². The van der Waals surface area contributed by atoms with Gasteiger partial charge in [-0.2, -0.15) is 0 Å². The summed E-state index contributed by atoms with van der Waals surface area (Å²) in [6, 6.07) is 0. The molecule has 0 N–H and O–H groups in total. The van der Waals surface area contributed by atoms with Gasteiger partial charge in [0.15, 0.2) is 0 Å². The summed E-state index contributed by atoms with van der Waals surface area (Å²) in [4.78, 5) is 0. The van der Waals surface area contributed by atoms with Crippen molar-refractivity contribution in [1.82, 2.24) is 0 Å². The van der Waals surface area contributed by atoms with E-state index in [1.807, 2.05) is 0 Å². The lowest BCUT2D eigenvalue weighted by molar-refractivity contribution is 0.400. The average molecular weight is 493 g/mol. The van der Waals surface area contributed by atoms with E-state index in [0.29, 0.717) is 0 Å². The molecule has 0 saturated carbocycles. The summed E-state index contributed by atoms with van der Waals surface area (Å²) in [6.07, 6.45) is 42.6. The maximum absolute atomic E-state index is 2.51. The maximum Gasteiger partial charge on any atom is -0.0443 e. The fourth-order valence-corrected chi connectivity index (χ4v) is 5.77. The highest BCUT2D eigenvalue weighted by Gasteiger charge is 2.05. The molecule has 0 radical (unpaired) electrons. The molecule has 2 unspecified atom stereocenters. The van der Waals surface area contributed by atoms with Crippen LogP contribution in [0, 0.1) is 11.8 Å². The summed E-state index contributed by atoms with van der Waals surface area (Å²) in [5, 5.41) is 0. The van der Waals surface area contributed by atoms with Gasteiger partial charge in [0.1, 0.15) is 0 Å². The Balaban J connectivity index is 3.26. The Bertz CT molecular complexity index is 359. The van der Waals surface area contributed by atoms with Crippen molar-refractivity contribution in [2.24, 2.45) is 11.8 Å². The van der Waals surface area contributed by atoms with Gasteiger partial charge in [-0.05, 0) is 11.8 Å². The van der Waals surface area contributed by atoms with Gasteiger partial charge in [0, 0.05) is 0 Å². The third-order valence-electron chi connectivity index (χ3n) is 8.49. The van der Waals surface area contributed by atoms with Crippen LogP contribution in [-0.2, 0) is 0 Å². The molecule has 0 fully saturated rings. The molecule has 212 valence electrons. The minimum absolute atomic E-state index is 0.958. The molecule has 0 rings (SSSR count). The Morgan fingerprint density at radius 2 is 0.429 bits per heavy atom. The molecular weight excluding hydrogens is 420 g/mol. The van der Waals surface area contributed by atoms with Gasteiger partial charge < -0.3 is 0 Å². The smallest absolute Gasteiger partial charge is 0.0443 e. The lowest BCUT2D eigenvalue weighted by Crippen LogP contribution is -1.98. The first-order valence-electron chi connectivity index (χ1n) is 17.2. The van der Waals surface area contributed by atoms with Crippen molar-refractivity contribution in [3.63, 3.8) is 0 Å². The summed E-state index contributed by atoms with van der Waals surface area (Å²) in [5.41, 5.74) is 0. The molecule has 0 nitrogen and oxygen atoms in total. The normalized spacial score (nSPS) is 13.4. The van der Waals surface area contributed by atoms with E-state index in [2.05, 4.69) is 27.7 Å². The molecule has 0 amide bonds. The zero-order valence-corrected chi connectivity index (χ0v) is 25.7. The zero-order valence-electron chi connectivity index (χ0n) is 25.7. The van der Waals surface area contributed by atoms with Crippen LogP contribution in [0.25, 0.3) is 0 Å². The molecule has 35 heavy (non-hydrogen) atoms. The first kappa shape index (κ1) is 35.0. The molecule has 0 aliphatic heterocycles. The first-order valence-corrected chi connectivity index (χ1v) is 17.2. The molecular formula is C35H72. The molecule has 0 aromatic carbocycles. The van der Waals surface area contributed by atoms with Gasteiger partial charge in [0.05, 0.1) is 0 Å². The van der Waals surface area contributed by atoms with Crippen molar-refractivity contribution in [2.45, 2.75) is 214 Å². The van der Waals surface area contributed by atoms with E-state index < -0.39 is 0 Å². The van der Waals surface area contributed by atoms with Gasteiger partial charge in [0.25, 0.3) is 0 Å². The minimum atomic E-state index is 0.958. The Hall–Kier alpha value is 0. The molecule has 0 bridgehead atoms. The average Bonchev–Trinajstić information content (AvgIpc) is 2.86. The highest BCUT2D eigenvalue weighted by Crippen LogP contribution is 2.21. The van der Waals surface area contributed by atoms with Gasteiger partial charge in [-0.1, -0.05) is 214 Å².